The molecule has 1 aliphatic rings. The van der Waals surface area contributed by atoms with Gasteiger partial charge in [-0.3, -0.25) is 0 Å². The van der Waals surface area contributed by atoms with E-state index in [-0.39, 0.29) is 0 Å². The Morgan fingerprint density at radius 2 is 1.95 bits per heavy atom. The number of rotatable bonds is 5. The van der Waals surface area contributed by atoms with Gasteiger partial charge in [0.15, 0.2) is 0 Å². The molecular weight excluding hydrogens is 270 g/mol. The normalized spacial score (nSPS) is 22.9. The van der Waals surface area contributed by atoms with Crippen molar-refractivity contribution in [2.24, 2.45) is 11.8 Å². The second-order valence-corrected chi connectivity index (χ2v) is 7.58. The number of hydrogen-bond donors (Lipinski definition) is 1. The van der Waals surface area contributed by atoms with Crippen LogP contribution < -0.4 is 4.72 Å². The Morgan fingerprint density at radius 1 is 1.30 bits per heavy atom. The lowest BCUT2D eigenvalue weighted by molar-refractivity contribution is 0.433. The molecule has 0 heterocycles. The third kappa shape index (κ3) is 3.49. The maximum Gasteiger partial charge on any atom is 0.240 e. The maximum absolute atomic E-state index is 12.2. The molecule has 1 fully saturated rings. The van der Waals surface area contributed by atoms with E-state index in [4.69, 9.17) is 0 Å². The van der Waals surface area contributed by atoms with Crippen LogP contribution in [-0.2, 0) is 10.0 Å². The highest BCUT2D eigenvalue weighted by Crippen LogP contribution is 2.35. The number of benzene rings is 1. The van der Waals surface area contributed by atoms with Gasteiger partial charge in [0, 0.05) is 6.54 Å². The van der Waals surface area contributed by atoms with Crippen LogP contribution in [0.2, 0.25) is 0 Å². The first kappa shape index (κ1) is 15.3. The number of sulfonamides is 1. The minimum absolute atomic E-state index is 0.341. The minimum atomic E-state index is -3.39. The average Bonchev–Trinajstić information content (AvgIpc) is 2.85. The summed E-state index contributed by atoms with van der Waals surface area (Å²) in [6.45, 7) is 8.51. The summed E-state index contributed by atoms with van der Waals surface area (Å²) in [6, 6.07) is 6.95. The number of allylic oxidation sites excluding steroid dienone is 1. The Labute approximate surface area is 122 Å². The molecule has 0 amide bonds. The summed E-state index contributed by atoms with van der Waals surface area (Å²) in [6.07, 6.45) is 3.37. The number of aryl methyl sites for hydroxylation is 1. The summed E-state index contributed by atoms with van der Waals surface area (Å²) in [5.74, 6) is 0.837. The van der Waals surface area contributed by atoms with Gasteiger partial charge in [-0.15, -0.1) is 0 Å². The Bertz CT molecular complexity index is 575. The summed E-state index contributed by atoms with van der Waals surface area (Å²) in [5.41, 5.74) is 2.23. The molecule has 20 heavy (non-hydrogen) atoms. The summed E-state index contributed by atoms with van der Waals surface area (Å²) in [4.78, 5) is 0.341. The van der Waals surface area contributed by atoms with Gasteiger partial charge in [-0.1, -0.05) is 36.3 Å². The fourth-order valence-electron chi connectivity index (χ4n) is 2.95. The molecule has 0 radical (unpaired) electrons. The monoisotopic (exact) mass is 293 g/mol. The molecular formula is C16H23NO2S. The topological polar surface area (TPSA) is 46.2 Å². The number of hydrogen-bond acceptors (Lipinski definition) is 2. The molecule has 1 aliphatic carbocycles. The predicted molar refractivity (Wildman–Crippen MR) is 82.0 cm³/mol. The van der Waals surface area contributed by atoms with Crippen molar-refractivity contribution in [2.45, 2.75) is 38.0 Å². The van der Waals surface area contributed by atoms with Crippen molar-refractivity contribution in [2.75, 3.05) is 6.54 Å². The fourth-order valence-corrected chi connectivity index (χ4v) is 4.04. The molecule has 1 saturated carbocycles. The minimum Gasteiger partial charge on any atom is -0.211 e. The molecule has 0 saturated heterocycles. The molecule has 0 spiro atoms. The van der Waals surface area contributed by atoms with Gasteiger partial charge < -0.3 is 0 Å². The SMILES string of the molecule is C=C(C)[C@@H]1CCC[C@H]1CNS(=O)(=O)c1ccc(C)cc1. The van der Waals surface area contributed by atoms with Crippen LogP contribution in [-0.4, -0.2) is 15.0 Å². The van der Waals surface area contributed by atoms with Crippen LogP contribution in [0.15, 0.2) is 41.3 Å². The predicted octanol–water partition coefficient (Wildman–Crippen LogP) is 3.27. The molecule has 2 rings (SSSR count). The van der Waals surface area contributed by atoms with E-state index in [1.54, 1.807) is 12.1 Å². The van der Waals surface area contributed by atoms with Crippen LogP contribution in [0.1, 0.15) is 31.7 Å². The highest BCUT2D eigenvalue weighted by atomic mass is 32.2. The van der Waals surface area contributed by atoms with Crippen LogP contribution in [0.3, 0.4) is 0 Å². The molecule has 0 aliphatic heterocycles. The van der Waals surface area contributed by atoms with E-state index in [2.05, 4.69) is 11.3 Å². The molecule has 1 N–H and O–H groups in total. The van der Waals surface area contributed by atoms with E-state index in [9.17, 15) is 8.42 Å². The van der Waals surface area contributed by atoms with Gasteiger partial charge in [0.25, 0.3) is 0 Å². The van der Waals surface area contributed by atoms with Gasteiger partial charge >= 0.3 is 0 Å². The van der Waals surface area contributed by atoms with Crippen molar-refractivity contribution >= 4 is 10.0 Å². The maximum atomic E-state index is 12.2. The van der Waals surface area contributed by atoms with E-state index in [1.807, 2.05) is 26.0 Å². The van der Waals surface area contributed by atoms with Crippen molar-refractivity contribution in [3.63, 3.8) is 0 Å². The Morgan fingerprint density at radius 3 is 2.55 bits per heavy atom. The smallest absolute Gasteiger partial charge is 0.211 e. The summed E-state index contributed by atoms with van der Waals surface area (Å²) in [7, 11) is -3.39. The van der Waals surface area contributed by atoms with Crippen LogP contribution in [0.5, 0.6) is 0 Å². The highest BCUT2D eigenvalue weighted by molar-refractivity contribution is 7.89. The molecule has 2 atom stereocenters. The van der Waals surface area contributed by atoms with E-state index < -0.39 is 10.0 Å². The fraction of sp³-hybridized carbons (Fsp3) is 0.500. The lowest BCUT2D eigenvalue weighted by atomic mass is 9.91. The quantitative estimate of drug-likeness (QED) is 0.847. The zero-order chi connectivity index (χ0) is 14.8. The van der Waals surface area contributed by atoms with Gasteiger partial charge in [-0.05, 0) is 50.7 Å². The molecule has 0 bridgehead atoms. The molecule has 0 aromatic heterocycles. The summed E-state index contributed by atoms with van der Waals surface area (Å²) < 4.78 is 27.2. The Balaban J connectivity index is 2.02. The highest BCUT2D eigenvalue weighted by Gasteiger charge is 2.28. The van der Waals surface area contributed by atoms with E-state index >= 15 is 0 Å². The first-order valence-corrected chi connectivity index (χ1v) is 8.60. The van der Waals surface area contributed by atoms with E-state index in [1.165, 1.54) is 5.57 Å². The summed E-state index contributed by atoms with van der Waals surface area (Å²) >= 11 is 0. The Hall–Kier alpha value is -1.13. The summed E-state index contributed by atoms with van der Waals surface area (Å²) in [5, 5.41) is 0. The lowest BCUT2D eigenvalue weighted by Gasteiger charge is -2.20. The molecule has 4 heteroatoms. The zero-order valence-electron chi connectivity index (χ0n) is 12.2. The molecule has 110 valence electrons. The second-order valence-electron chi connectivity index (χ2n) is 5.81. The molecule has 0 unspecified atom stereocenters. The van der Waals surface area contributed by atoms with E-state index in [0.717, 1.165) is 24.8 Å². The third-order valence-electron chi connectivity index (χ3n) is 4.16. The Kier molecular flexibility index (Phi) is 4.66. The van der Waals surface area contributed by atoms with Crippen molar-refractivity contribution in [1.29, 1.82) is 0 Å². The van der Waals surface area contributed by atoms with Crippen LogP contribution in [0.25, 0.3) is 0 Å². The largest absolute Gasteiger partial charge is 0.240 e. The van der Waals surface area contributed by atoms with Crippen molar-refractivity contribution in [1.82, 2.24) is 4.72 Å². The third-order valence-corrected chi connectivity index (χ3v) is 5.60. The first-order chi connectivity index (χ1) is 9.40. The van der Waals surface area contributed by atoms with Crippen molar-refractivity contribution < 1.29 is 8.42 Å². The van der Waals surface area contributed by atoms with Crippen LogP contribution in [0.4, 0.5) is 0 Å². The first-order valence-electron chi connectivity index (χ1n) is 7.12. The molecule has 3 nitrogen and oxygen atoms in total. The van der Waals surface area contributed by atoms with Crippen molar-refractivity contribution in [3.8, 4) is 0 Å². The molecule has 1 aromatic carbocycles. The van der Waals surface area contributed by atoms with E-state index in [0.29, 0.717) is 23.3 Å². The van der Waals surface area contributed by atoms with Gasteiger partial charge in [0.2, 0.25) is 10.0 Å². The molecule has 1 aromatic rings. The lowest BCUT2D eigenvalue weighted by Crippen LogP contribution is -2.31. The van der Waals surface area contributed by atoms with Crippen LogP contribution in [0, 0.1) is 18.8 Å². The second kappa shape index (κ2) is 6.10. The zero-order valence-corrected chi connectivity index (χ0v) is 13.0. The van der Waals surface area contributed by atoms with Gasteiger partial charge in [-0.25, -0.2) is 13.1 Å². The standard InChI is InChI=1S/C16H23NO2S/c1-12(2)16-6-4-5-14(16)11-17-20(18,19)15-9-7-13(3)8-10-15/h7-10,14,16-17H,1,4-6,11H2,2-3H3/t14-,16-/m0/s1. The van der Waals surface area contributed by atoms with Gasteiger partial charge in [0.1, 0.15) is 0 Å². The van der Waals surface area contributed by atoms with Gasteiger partial charge in [-0.2, -0.15) is 0 Å². The number of nitrogens with one attached hydrogen (secondary N) is 1. The average molecular weight is 293 g/mol. The van der Waals surface area contributed by atoms with Crippen LogP contribution >= 0.6 is 0 Å². The van der Waals surface area contributed by atoms with Gasteiger partial charge in [0.05, 0.1) is 4.90 Å². The van der Waals surface area contributed by atoms with Crippen molar-refractivity contribution in [3.05, 3.63) is 42.0 Å².